The number of carbonyl (C=O) groups excluding carboxylic acids is 1. The SMILES string of the molecule is CC(C)(C)c1noc(OCC(=O)N2CCc3ccccc3C2)n1. The van der Waals surface area contributed by atoms with Gasteiger partial charge >= 0.3 is 6.08 Å². The molecule has 1 aromatic carbocycles. The average Bonchev–Trinajstić information content (AvgIpc) is 3.01. The number of benzene rings is 1. The summed E-state index contributed by atoms with van der Waals surface area (Å²) in [5, 5.41) is 3.87. The summed E-state index contributed by atoms with van der Waals surface area (Å²) in [5.41, 5.74) is 2.29. The van der Waals surface area contributed by atoms with Gasteiger partial charge in [-0.15, -0.1) is 0 Å². The predicted molar refractivity (Wildman–Crippen MR) is 84.1 cm³/mol. The first-order valence-electron chi connectivity index (χ1n) is 7.75. The monoisotopic (exact) mass is 315 g/mol. The highest BCUT2D eigenvalue weighted by molar-refractivity contribution is 5.78. The van der Waals surface area contributed by atoms with Crippen molar-refractivity contribution in [1.82, 2.24) is 15.0 Å². The zero-order chi connectivity index (χ0) is 16.4. The van der Waals surface area contributed by atoms with Gasteiger partial charge in [-0.1, -0.05) is 50.2 Å². The van der Waals surface area contributed by atoms with Crippen LogP contribution < -0.4 is 4.74 Å². The third-order valence-electron chi connectivity index (χ3n) is 3.88. The molecule has 1 amide bonds. The van der Waals surface area contributed by atoms with E-state index in [1.165, 1.54) is 11.1 Å². The molecule has 2 heterocycles. The Balaban J connectivity index is 1.57. The number of hydrogen-bond acceptors (Lipinski definition) is 5. The molecule has 0 fully saturated rings. The number of aromatic nitrogens is 2. The summed E-state index contributed by atoms with van der Waals surface area (Å²) >= 11 is 0. The first-order valence-corrected chi connectivity index (χ1v) is 7.75. The van der Waals surface area contributed by atoms with E-state index in [1.54, 1.807) is 4.90 Å². The molecule has 0 bridgehead atoms. The number of amides is 1. The average molecular weight is 315 g/mol. The fourth-order valence-electron chi connectivity index (χ4n) is 2.50. The topological polar surface area (TPSA) is 68.5 Å². The third kappa shape index (κ3) is 3.52. The Bertz CT molecular complexity index is 703. The Labute approximate surface area is 135 Å². The van der Waals surface area contributed by atoms with Gasteiger partial charge in [-0.05, 0) is 17.5 Å². The van der Waals surface area contributed by atoms with Gasteiger partial charge in [0.15, 0.2) is 12.4 Å². The summed E-state index contributed by atoms with van der Waals surface area (Å²) in [6, 6.07) is 8.20. The van der Waals surface area contributed by atoms with Gasteiger partial charge in [-0.25, -0.2) is 0 Å². The lowest BCUT2D eigenvalue weighted by atomic mass is 9.96. The van der Waals surface area contributed by atoms with Crippen molar-refractivity contribution in [2.75, 3.05) is 13.2 Å². The van der Waals surface area contributed by atoms with Crippen molar-refractivity contribution in [2.24, 2.45) is 0 Å². The third-order valence-corrected chi connectivity index (χ3v) is 3.88. The van der Waals surface area contributed by atoms with Crippen LogP contribution in [0.3, 0.4) is 0 Å². The highest BCUT2D eigenvalue weighted by Gasteiger charge is 2.24. The van der Waals surface area contributed by atoms with E-state index in [9.17, 15) is 4.79 Å². The highest BCUT2D eigenvalue weighted by Crippen LogP contribution is 2.21. The molecule has 1 aliphatic heterocycles. The second-order valence-electron chi connectivity index (χ2n) is 6.76. The molecule has 0 spiro atoms. The van der Waals surface area contributed by atoms with Crippen molar-refractivity contribution in [3.8, 4) is 6.08 Å². The molecule has 0 N–H and O–H groups in total. The maximum atomic E-state index is 12.3. The van der Waals surface area contributed by atoms with Gasteiger partial charge in [0.1, 0.15) is 0 Å². The van der Waals surface area contributed by atoms with Crippen molar-refractivity contribution in [1.29, 1.82) is 0 Å². The molecule has 23 heavy (non-hydrogen) atoms. The van der Waals surface area contributed by atoms with Crippen LogP contribution in [0.15, 0.2) is 28.8 Å². The second-order valence-corrected chi connectivity index (χ2v) is 6.76. The number of hydrogen-bond donors (Lipinski definition) is 0. The Kier molecular flexibility index (Phi) is 4.07. The van der Waals surface area contributed by atoms with E-state index in [0.29, 0.717) is 18.9 Å². The summed E-state index contributed by atoms with van der Waals surface area (Å²) < 4.78 is 10.4. The quantitative estimate of drug-likeness (QED) is 0.869. The van der Waals surface area contributed by atoms with E-state index >= 15 is 0 Å². The van der Waals surface area contributed by atoms with Crippen molar-refractivity contribution in [3.63, 3.8) is 0 Å². The highest BCUT2D eigenvalue weighted by atomic mass is 16.6. The first-order chi connectivity index (χ1) is 10.9. The van der Waals surface area contributed by atoms with Crippen LogP contribution in [0.2, 0.25) is 0 Å². The van der Waals surface area contributed by atoms with Crippen molar-refractivity contribution < 1.29 is 14.1 Å². The summed E-state index contributed by atoms with van der Waals surface area (Å²) in [6.07, 6.45) is 0.914. The Hall–Kier alpha value is -2.37. The molecular formula is C17H21N3O3. The molecule has 0 unspecified atom stereocenters. The summed E-state index contributed by atoms with van der Waals surface area (Å²) in [6.45, 7) is 7.19. The predicted octanol–water partition coefficient (Wildman–Crippen LogP) is 2.33. The molecule has 0 radical (unpaired) electrons. The van der Waals surface area contributed by atoms with E-state index in [0.717, 1.165) is 6.42 Å². The number of carbonyl (C=O) groups is 1. The van der Waals surface area contributed by atoms with Crippen molar-refractivity contribution in [3.05, 3.63) is 41.2 Å². The maximum absolute atomic E-state index is 12.3. The van der Waals surface area contributed by atoms with Gasteiger partial charge in [-0.3, -0.25) is 9.32 Å². The van der Waals surface area contributed by atoms with Crippen LogP contribution >= 0.6 is 0 Å². The lowest BCUT2D eigenvalue weighted by molar-refractivity contribution is -0.134. The number of nitrogens with zero attached hydrogens (tertiary/aromatic N) is 3. The molecule has 6 heteroatoms. The fraction of sp³-hybridized carbons (Fsp3) is 0.471. The summed E-state index contributed by atoms with van der Waals surface area (Å²) in [4.78, 5) is 18.3. The smallest absolute Gasteiger partial charge is 0.417 e. The fourth-order valence-corrected chi connectivity index (χ4v) is 2.50. The Morgan fingerprint density at radius 2 is 2.04 bits per heavy atom. The number of fused-ring (bicyclic) bond motifs is 1. The maximum Gasteiger partial charge on any atom is 0.417 e. The van der Waals surface area contributed by atoms with Crippen molar-refractivity contribution in [2.45, 2.75) is 39.2 Å². The van der Waals surface area contributed by atoms with Gasteiger partial charge in [0.2, 0.25) is 0 Å². The van der Waals surface area contributed by atoms with E-state index < -0.39 is 0 Å². The Morgan fingerprint density at radius 3 is 2.74 bits per heavy atom. The van der Waals surface area contributed by atoms with Gasteiger partial charge in [0, 0.05) is 18.5 Å². The Morgan fingerprint density at radius 1 is 1.30 bits per heavy atom. The van der Waals surface area contributed by atoms with Crippen LogP contribution in [0.1, 0.15) is 37.7 Å². The molecule has 0 atom stereocenters. The van der Waals surface area contributed by atoms with Gasteiger partial charge in [0.05, 0.1) is 0 Å². The van der Waals surface area contributed by atoms with E-state index in [-0.39, 0.29) is 24.0 Å². The molecule has 1 aliphatic rings. The molecule has 0 saturated carbocycles. The van der Waals surface area contributed by atoms with Gasteiger partial charge < -0.3 is 9.64 Å². The summed E-state index contributed by atoms with van der Waals surface area (Å²) in [5.74, 6) is 0.488. The minimum absolute atomic E-state index is 0.0423. The first kappa shape index (κ1) is 15.5. The van der Waals surface area contributed by atoms with Gasteiger partial charge in [-0.2, -0.15) is 4.98 Å². The molecule has 0 aliphatic carbocycles. The molecule has 3 rings (SSSR count). The van der Waals surface area contributed by atoms with E-state index in [1.807, 2.05) is 32.9 Å². The van der Waals surface area contributed by atoms with Crippen LogP contribution in [-0.4, -0.2) is 34.1 Å². The summed E-state index contributed by atoms with van der Waals surface area (Å²) in [7, 11) is 0. The largest absolute Gasteiger partial charge is 0.439 e. The van der Waals surface area contributed by atoms with E-state index in [2.05, 4.69) is 22.3 Å². The van der Waals surface area contributed by atoms with Crippen LogP contribution in [0.5, 0.6) is 6.08 Å². The van der Waals surface area contributed by atoms with E-state index in [4.69, 9.17) is 9.26 Å². The molecular weight excluding hydrogens is 294 g/mol. The molecule has 6 nitrogen and oxygen atoms in total. The standard InChI is InChI=1S/C17H21N3O3/c1-17(2,3)15-18-16(23-19-15)22-11-14(21)20-9-8-12-6-4-5-7-13(12)10-20/h4-7H,8-11H2,1-3H3. The molecule has 2 aromatic rings. The zero-order valence-corrected chi connectivity index (χ0v) is 13.7. The molecule has 0 saturated heterocycles. The zero-order valence-electron chi connectivity index (χ0n) is 13.7. The second kappa shape index (κ2) is 6.02. The number of ether oxygens (including phenoxy) is 1. The van der Waals surface area contributed by atoms with Crippen molar-refractivity contribution >= 4 is 5.91 Å². The van der Waals surface area contributed by atoms with Crippen LogP contribution in [0.25, 0.3) is 0 Å². The minimum Gasteiger partial charge on any atom is -0.439 e. The molecule has 122 valence electrons. The lowest BCUT2D eigenvalue weighted by Gasteiger charge is -2.28. The lowest BCUT2D eigenvalue weighted by Crippen LogP contribution is -2.38. The molecule has 1 aromatic heterocycles. The van der Waals surface area contributed by atoms with Crippen LogP contribution in [0.4, 0.5) is 0 Å². The number of rotatable bonds is 3. The normalized spacial score (nSPS) is 14.5. The minimum atomic E-state index is -0.217. The van der Waals surface area contributed by atoms with Gasteiger partial charge in [0.25, 0.3) is 5.91 Å². The van der Waals surface area contributed by atoms with Crippen LogP contribution in [-0.2, 0) is 23.2 Å². The van der Waals surface area contributed by atoms with Crippen LogP contribution in [0, 0.1) is 0 Å².